The lowest BCUT2D eigenvalue weighted by molar-refractivity contribution is 0.357. The highest BCUT2D eigenvalue weighted by atomic mass is 35.5. The molecule has 0 radical (unpaired) electrons. The quantitative estimate of drug-likeness (QED) is 0.699. The van der Waals surface area contributed by atoms with E-state index in [1.807, 2.05) is 7.05 Å². The number of hydrogen-bond donors (Lipinski definition) is 1. The van der Waals surface area contributed by atoms with Gasteiger partial charge in [-0.25, -0.2) is 0 Å². The Kier molecular flexibility index (Phi) is 5.98. The van der Waals surface area contributed by atoms with Crippen LogP contribution in [0.2, 0.25) is 0 Å². The van der Waals surface area contributed by atoms with E-state index in [2.05, 4.69) is 12.2 Å². The largest absolute Gasteiger partial charge is 0.319 e. The predicted molar refractivity (Wildman–Crippen MR) is 52.3 cm³/mol. The minimum absolute atomic E-state index is 0. The van der Waals surface area contributed by atoms with Crippen molar-refractivity contribution in [2.45, 2.75) is 32.6 Å². The minimum atomic E-state index is 0. The van der Waals surface area contributed by atoms with Crippen LogP contribution in [0.25, 0.3) is 0 Å². The maximum absolute atomic E-state index is 3.24. The average molecular weight is 178 g/mol. The maximum Gasteiger partial charge on any atom is -0.00235 e. The van der Waals surface area contributed by atoms with Gasteiger partial charge in [-0.1, -0.05) is 32.6 Å². The van der Waals surface area contributed by atoms with Crippen LogP contribution in [0.3, 0.4) is 0 Å². The molecule has 68 valence electrons. The standard InChI is InChI=1S/C9H19N.ClH/c1-8(7-10-2)9-5-3-4-6-9;/h8-10H,3-7H2,1-2H3;1H. The summed E-state index contributed by atoms with van der Waals surface area (Å²) in [4.78, 5) is 0. The topological polar surface area (TPSA) is 12.0 Å². The molecule has 0 aliphatic heterocycles. The third kappa shape index (κ3) is 3.44. The molecule has 0 amide bonds. The van der Waals surface area contributed by atoms with Gasteiger partial charge in [0.2, 0.25) is 0 Å². The highest BCUT2D eigenvalue weighted by Gasteiger charge is 2.20. The van der Waals surface area contributed by atoms with Gasteiger partial charge < -0.3 is 5.32 Å². The molecule has 0 aromatic rings. The second-order valence-corrected chi connectivity index (χ2v) is 3.58. The highest BCUT2D eigenvalue weighted by molar-refractivity contribution is 5.85. The Labute approximate surface area is 76.4 Å². The molecule has 1 aliphatic carbocycles. The number of rotatable bonds is 3. The van der Waals surface area contributed by atoms with Crippen LogP contribution in [0.5, 0.6) is 0 Å². The van der Waals surface area contributed by atoms with Crippen molar-refractivity contribution < 1.29 is 0 Å². The van der Waals surface area contributed by atoms with Gasteiger partial charge in [-0.15, -0.1) is 12.4 Å². The first-order chi connectivity index (χ1) is 4.84. The summed E-state index contributed by atoms with van der Waals surface area (Å²) in [5.74, 6) is 1.92. The van der Waals surface area contributed by atoms with Gasteiger partial charge in [-0.2, -0.15) is 0 Å². The van der Waals surface area contributed by atoms with E-state index in [-0.39, 0.29) is 12.4 Å². The molecule has 1 N–H and O–H groups in total. The van der Waals surface area contributed by atoms with Crippen molar-refractivity contribution in [3.05, 3.63) is 0 Å². The van der Waals surface area contributed by atoms with Crippen molar-refractivity contribution in [3.63, 3.8) is 0 Å². The van der Waals surface area contributed by atoms with Crippen molar-refractivity contribution in [1.82, 2.24) is 5.32 Å². The molecule has 11 heavy (non-hydrogen) atoms. The van der Waals surface area contributed by atoms with Crippen LogP contribution in [0, 0.1) is 11.8 Å². The summed E-state index contributed by atoms with van der Waals surface area (Å²) in [5, 5.41) is 3.24. The van der Waals surface area contributed by atoms with E-state index in [4.69, 9.17) is 0 Å². The zero-order valence-electron chi connectivity index (χ0n) is 7.60. The molecule has 0 aromatic carbocycles. The van der Waals surface area contributed by atoms with Gasteiger partial charge in [0.25, 0.3) is 0 Å². The van der Waals surface area contributed by atoms with E-state index in [1.54, 1.807) is 0 Å². The van der Waals surface area contributed by atoms with Crippen molar-refractivity contribution >= 4 is 12.4 Å². The molecule has 1 rings (SSSR count). The summed E-state index contributed by atoms with van der Waals surface area (Å²) < 4.78 is 0. The summed E-state index contributed by atoms with van der Waals surface area (Å²) in [6.07, 6.45) is 5.89. The van der Waals surface area contributed by atoms with E-state index in [0.29, 0.717) is 0 Å². The first-order valence-electron chi connectivity index (χ1n) is 4.49. The fraction of sp³-hybridized carbons (Fsp3) is 1.00. The summed E-state index contributed by atoms with van der Waals surface area (Å²) in [5.41, 5.74) is 0. The van der Waals surface area contributed by atoms with E-state index >= 15 is 0 Å². The normalized spacial score (nSPS) is 21.3. The SMILES string of the molecule is CNCC(C)C1CCCC1.Cl. The molecule has 1 aliphatic rings. The van der Waals surface area contributed by atoms with Crippen LogP contribution in [0.4, 0.5) is 0 Å². The Morgan fingerprint density at radius 2 is 1.91 bits per heavy atom. The molecule has 1 unspecified atom stereocenters. The van der Waals surface area contributed by atoms with E-state index in [0.717, 1.165) is 11.8 Å². The monoisotopic (exact) mass is 177 g/mol. The van der Waals surface area contributed by atoms with Gasteiger partial charge in [0.05, 0.1) is 0 Å². The van der Waals surface area contributed by atoms with Crippen molar-refractivity contribution in [1.29, 1.82) is 0 Å². The molecule has 0 spiro atoms. The molecule has 0 saturated heterocycles. The molecule has 1 nitrogen and oxygen atoms in total. The van der Waals surface area contributed by atoms with E-state index in [1.165, 1.54) is 32.2 Å². The second kappa shape index (κ2) is 5.84. The molecular weight excluding hydrogens is 158 g/mol. The predicted octanol–water partition coefficient (Wildman–Crippen LogP) is 2.45. The third-order valence-corrected chi connectivity index (χ3v) is 2.73. The molecule has 0 aromatic heterocycles. The van der Waals surface area contributed by atoms with Crippen molar-refractivity contribution in [3.8, 4) is 0 Å². The Bertz CT molecular complexity index is 89.6. The van der Waals surface area contributed by atoms with Crippen LogP contribution in [-0.2, 0) is 0 Å². The van der Waals surface area contributed by atoms with E-state index in [9.17, 15) is 0 Å². The molecule has 0 bridgehead atoms. The van der Waals surface area contributed by atoms with Gasteiger partial charge in [-0.3, -0.25) is 0 Å². The number of nitrogens with one attached hydrogen (secondary N) is 1. The van der Waals surface area contributed by atoms with Gasteiger partial charge in [0.1, 0.15) is 0 Å². The number of halogens is 1. The first kappa shape index (κ1) is 11.2. The third-order valence-electron chi connectivity index (χ3n) is 2.73. The van der Waals surface area contributed by atoms with Gasteiger partial charge in [0, 0.05) is 0 Å². The lowest BCUT2D eigenvalue weighted by Crippen LogP contribution is -2.21. The summed E-state index contributed by atoms with van der Waals surface area (Å²) in [6, 6.07) is 0. The first-order valence-corrected chi connectivity index (χ1v) is 4.49. The molecular formula is C9H20ClN. The fourth-order valence-electron chi connectivity index (χ4n) is 2.02. The van der Waals surface area contributed by atoms with Gasteiger partial charge in [-0.05, 0) is 25.4 Å². The van der Waals surface area contributed by atoms with Gasteiger partial charge >= 0.3 is 0 Å². The van der Waals surface area contributed by atoms with Crippen molar-refractivity contribution in [2.24, 2.45) is 11.8 Å². The molecule has 0 heterocycles. The van der Waals surface area contributed by atoms with Crippen LogP contribution in [0.1, 0.15) is 32.6 Å². The maximum atomic E-state index is 3.24. The Morgan fingerprint density at radius 3 is 2.36 bits per heavy atom. The lowest BCUT2D eigenvalue weighted by Gasteiger charge is -2.17. The van der Waals surface area contributed by atoms with Crippen molar-refractivity contribution in [2.75, 3.05) is 13.6 Å². The van der Waals surface area contributed by atoms with Crippen LogP contribution in [0.15, 0.2) is 0 Å². The van der Waals surface area contributed by atoms with Crippen LogP contribution in [-0.4, -0.2) is 13.6 Å². The lowest BCUT2D eigenvalue weighted by atomic mass is 9.93. The fourth-order valence-corrected chi connectivity index (χ4v) is 2.02. The van der Waals surface area contributed by atoms with Crippen LogP contribution >= 0.6 is 12.4 Å². The molecule has 1 atom stereocenters. The zero-order valence-corrected chi connectivity index (χ0v) is 8.41. The Morgan fingerprint density at radius 1 is 1.36 bits per heavy atom. The summed E-state index contributed by atoms with van der Waals surface area (Å²) in [7, 11) is 2.05. The molecule has 2 heteroatoms. The minimum Gasteiger partial charge on any atom is -0.319 e. The molecule has 1 fully saturated rings. The highest BCUT2D eigenvalue weighted by Crippen LogP contribution is 2.30. The Balaban J connectivity index is 0.000001000. The summed E-state index contributed by atoms with van der Waals surface area (Å²) >= 11 is 0. The van der Waals surface area contributed by atoms with Crippen LogP contribution < -0.4 is 5.32 Å². The smallest absolute Gasteiger partial charge is 0.00235 e. The zero-order chi connectivity index (χ0) is 7.40. The second-order valence-electron chi connectivity index (χ2n) is 3.58. The molecule has 1 saturated carbocycles. The van der Waals surface area contributed by atoms with Gasteiger partial charge in [0.15, 0.2) is 0 Å². The summed E-state index contributed by atoms with van der Waals surface area (Å²) in [6.45, 7) is 3.57. The average Bonchev–Trinajstić information content (AvgIpc) is 2.38. The Hall–Kier alpha value is 0.250. The van der Waals surface area contributed by atoms with E-state index < -0.39 is 0 Å². The number of hydrogen-bond acceptors (Lipinski definition) is 1.